The molecule has 0 saturated carbocycles. The van der Waals surface area contributed by atoms with Crippen molar-refractivity contribution in [1.82, 2.24) is 0 Å². The Balaban J connectivity index is 3.71. The summed E-state index contributed by atoms with van der Waals surface area (Å²) in [6.07, 6.45) is 3.99. The second kappa shape index (κ2) is 8.61. The summed E-state index contributed by atoms with van der Waals surface area (Å²) in [6, 6.07) is 0. The number of thioether (sulfide) groups is 1. The molecule has 0 aromatic heterocycles. The van der Waals surface area contributed by atoms with Gasteiger partial charge >= 0.3 is 0 Å². The summed E-state index contributed by atoms with van der Waals surface area (Å²) in [7, 11) is 0. The molecule has 13 heavy (non-hydrogen) atoms. The molecule has 0 N–H and O–H groups in total. The van der Waals surface area contributed by atoms with E-state index < -0.39 is 0 Å². The van der Waals surface area contributed by atoms with Crippen molar-refractivity contribution in [3.63, 3.8) is 0 Å². The normalized spacial score (nSPS) is 12.8. The van der Waals surface area contributed by atoms with Crippen molar-refractivity contribution in [3.05, 3.63) is 0 Å². The minimum absolute atomic E-state index is 0.316. The van der Waals surface area contributed by atoms with Gasteiger partial charge in [-0.2, -0.15) is 11.8 Å². The maximum absolute atomic E-state index is 11.6. The smallest absolute Gasteiger partial charge is 0.136 e. The van der Waals surface area contributed by atoms with E-state index in [-0.39, 0.29) is 0 Å². The molecule has 2 heteroatoms. The Bertz CT molecular complexity index is 134. The van der Waals surface area contributed by atoms with E-state index in [9.17, 15) is 4.79 Å². The van der Waals surface area contributed by atoms with Crippen molar-refractivity contribution in [3.8, 4) is 0 Å². The predicted octanol–water partition coefficient (Wildman–Crippen LogP) is 3.53. The first kappa shape index (κ1) is 13.0. The van der Waals surface area contributed by atoms with Crippen LogP contribution in [0.2, 0.25) is 0 Å². The third-order valence-electron chi connectivity index (χ3n) is 2.25. The van der Waals surface area contributed by atoms with Crippen molar-refractivity contribution in [2.75, 3.05) is 11.5 Å². The van der Waals surface area contributed by atoms with E-state index >= 15 is 0 Å². The van der Waals surface area contributed by atoms with Crippen LogP contribution in [0.4, 0.5) is 0 Å². The van der Waals surface area contributed by atoms with Gasteiger partial charge in [0.2, 0.25) is 0 Å². The Morgan fingerprint density at radius 1 is 1.31 bits per heavy atom. The molecular weight excluding hydrogens is 180 g/mol. The molecule has 0 radical (unpaired) electrons. The molecule has 1 unspecified atom stereocenters. The molecule has 0 rings (SSSR count). The van der Waals surface area contributed by atoms with Gasteiger partial charge in [-0.05, 0) is 18.6 Å². The van der Waals surface area contributed by atoms with Crippen LogP contribution in [0.1, 0.15) is 46.5 Å². The molecule has 0 aromatic carbocycles. The van der Waals surface area contributed by atoms with E-state index in [4.69, 9.17) is 0 Å². The van der Waals surface area contributed by atoms with Gasteiger partial charge in [0.1, 0.15) is 5.78 Å². The average Bonchev–Trinajstić information content (AvgIpc) is 2.16. The lowest BCUT2D eigenvalue weighted by molar-refractivity contribution is -0.122. The fraction of sp³-hybridized carbons (Fsp3) is 0.909. The van der Waals surface area contributed by atoms with Crippen LogP contribution >= 0.6 is 11.8 Å². The SMILES string of the molecule is CCCCC(=O)C(CC)CSCC. The second-order valence-corrected chi connectivity index (χ2v) is 4.65. The fourth-order valence-corrected chi connectivity index (χ4v) is 2.20. The summed E-state index contributed by atoms with van der Waals surface area (Å²) in [4.78, 5) is 11.6. The van der Waals surface area contributed by atoms with Crippen molar-refractivity contribution in [2.24, 2.45) is 5.92 Å². The summed E-state index contributed by atoms with van der Waals surface area (Å²) in [5, 5.41) is 0. The molecule has 1 atom stereocenters. The molecule has 0 fully saturated rings. The van der Waals surface area contributed by atoms with E-state index in [0.29, 0.717) is 11.7 Å². The standard InChI is InChI=1S/C11H22OS/c1-4-7-8-11(12)10(5-2)9-13-6-3/h10H,4-9H2,1-3H3. The maximum Gasteiger partial charge on any atom is 0.136 e. The van der Waals surface area contributed by atoms with Gasteiger partial charge in [-0.25, -0.2) is 0 Å². The molecule has 0 bridgehead atoms. The zero-order chi connectivity index (χ0) is 10.1. The van der Waals surface area contributed by atoms with Gasteiger partial charge in [0, 0.05) is 18.1 Å². The first-order valence-electron chi connectivity index (χ1n) is 5.36. The number of unbranched alkanes of at least 4 members (excludes halogenated alkanes) is 1. The average molecular weight is 202 g/mol. The predicted molar refractivity (Wildman–Crippen MR) is 61.3 cm³/mol. The van der Waals surface area contributed by atoms with Gasteiger partial charge in [0.05, 0.1) is 0 Å². The summed E-state index contributed by atoms with van der Waals surface area (Å²) in [5.74, 6) is 2.94. The highest BCUT2D eigenvalue weighted by atomic mass is 32.2. The largest absolute Gasteiger partial charge is 0.299 e. The van der Waals surface area contributed by atoms with Crippen molar-refractivity contribution < 1.29 is 4.79 Å². The van der Waals surface area contributed by atoms with Crippen LogP contribution in [0.25, 0.3) is 0 Å². The second-order valence-electron chi connectivity index (χ2n) is 3.33. The number of carbonyl (C=O) groups excluding carboxylic acids is 1. The van der Waals surface area contributed by atoms with Crippen molar-refractivity contribution in [1.29, 1.82) is 0 Å². The Kier molecular flexibility index (Phi) is 8.62. The van der Waals surface area contributed by atoms with E-state index in [2.05, 4.69) is 20.8 Å². The zero-order valence-electron chi connectivity index (χ0n) is 9.14. The molecular formula is C11H22OS. The molecule has 1 nitrogen and oxygen atoms in total. The fourth-order valence-electron chi connectivity index (χ4n) is 1.25. The molecule has 0 aliphatic carbocycles. The Labute approximate surface area is 86.7 Å². The van der Waals surface area contributed by atoms with Crippen LogP contribution < -0.4 is 0 Å². The number of Topliss-reactive ketones (excluding diaryl/α,β-unsaturated/α-hetero) is 1. The highest BCUT2D eigenvalue weighted by Gasteiger charge is 2.14. The van der Waals surface area contributed by atoms with Crippen LogP contribution in [-0.2, 0) is 4.79 Å². The minimum atomic E-state index is 0.316. The van der Waals surface area contributed by atoms with Crippen LogP contribution in [0.3, 0.4) is 0 Å². The van der Waals surface area contributed by atoms with Crippen LogP contribution in [-0.4, -0.2) is 17.3 Å². The third-order valence-corrected chi connectivity index (χ3v) is 3.29. The molecule has 0 heterocycles. The Hall–Kier alpha value is 0.0200. The molecule has 0 aliphatic rings. The van der Waals surface area contributed by atoms with Gasteiger partial charge < -0.3 is 0 Å². The van der Waals surface area contributed by atoms with Gasteiger partial charge in [-0.1, -0.05) is 27.2 Å². The van der Waals surface area contributed by atoms with Crippen LogP contribution in [0, 0.1) is 5.92 Å². The van der Waals surface area contributed by atoms with E-state index in [1.165, 1.54) is 0 Å². The molecule has 0 saturated heterocycles. The molecule has 0 spiro atoms. The van der Waals surface area contributed by atoms with Crippen LogP contribution in [0.15, 0.2) is 0 Å². The van der Waals surface area contributed by atoms with Crippen molar-refractivity contribution >= 4 is 17.5 Å². The summed E-state index contributed by atoms with van der Waals surface area (Å²) in [6.45, 7) is 6.40. The number of hydrogen-bond acceptors (Lipinski definition) is 2. The van der Waals surface area contributed by atoms with Crippen molar-refractivity contribution in [2.45, 2.75) is 46.5 Å². The third kappa shape index (κ3) is 6.14. The molecule has 0 amide bonds. The number of rotatable bonds is 8. The van der Waals surface area contributed by atoms with Crippen LogP contribution in [0.5, 0.6) is 0 Å². The lowest BCUT2D eigenvalue weighted by atomic mass is 9.99. The topological polar surface area (TPSA) is 17.1 Å². The lowest BCUT2D eigenvalue weighted by Gasteiger charge is -2.12. The van der Waals surface area contributed by atoms with Gasteiger partial charge in [-0.15, -0.1) is 0 Å². The summed E-state index contributed by atoms with van der Waals surface area (Å²) < 4.78 is 0. The summed E-state index contributed by atoms with van der Waals surface area (Å²) in [5.41, 5.74) is 0. The number of carbonyl (C=O) groups is 1. The number of ketones is 1. The highest BCUT2D eigenvalue weighted by Crippen LogP contribution is 2.15. The zero-order valence-corrected chi connectivity index (χ0v) is 9.95. The maximum atomic E-state index is 11.6. The Morgan fingerprint density at radius 2 is 2.00 bits per heavy atom. The molecule has 0 aliphatic heterocycles. The summed E-state index contributed by atoms with van der Waals surface area (Å²) >= 11 is 1.88. The first-order valence-corrected chi connectivity index (χ1v) is 6.52. The quantitative estimate of drug-likeness (QED) is 0.599. The monoisotopic (exact) mass is 202 g/mol. The van der Waals surface area contributed by atoms with Gasteiger partial charge in [-0.3, -0.25) is 4.79 Å². The Morgan fingerprint density at radius 3 is 2.46 bits per heavy atom. The first-order chi connectivity index (χ1) is 6.26. The minimum Gasteiger partial charge on any atom is -0.299 e. The number of hydrogen-bond donors (Lipinski definition) is 0. The van der Waals surface area contributed by atoms with Gasteiger partial charge in [0.25, 0.3) is 0 Å². The van der Waals surface area contributed by atoms with E-state index in [0.717, 1.165) is 37.2 Å². The lowest BCUT2D eigenvalue weighted by Crippen LogP contribution is -2.16. The molecule has 78 valence electrons. The van der Waals surface area contributed by atoms with Gasteiger partial charge in [0.15, 0.2) is 0 Å². The highest BCUT2D eigenvalue weighted by molar-refractivity contribution is 7.99. The van der Waals surface area contributed by atoms with E-state index in [1.54, 1.807) is 0 Å². The molecule has 0 aromatic rings. The van der Waals surface area contributed by atoms with E-state index in [1.807, 2.05) is 11.8 Å².